The lowest BCUT2D eigenvalue weighted by Crippen LogP contribution is -2.19. The number of aromatic nitrogens is 1. The van der Waals surface area contributed by atoms with Gasteiger partial charge in [-0.05, 0) is 37.1 Å². The van der Waals surface area contributed by atoms with E-state index in [1.807, 2.05) is 43.3 Å². The minimum atomic E-state index is -0.220. The summed E-state index contributed by atoms with van der Waals surface area (Å²) in [6.07, 6.45) is 3.81. The summed E-state index contributed by atoms with van der Waals surface area (Å²) in [6.45, 7) is 1.25. The normalized spacial score (nSPS) is 16.5. The average molecular weight is 341 g/mol. The van der Waals surface area contributed by atoms with Gasteiger partial charge < -0.3 is 19.7 Å². The Hall–Kier alpha value is -2.60. The third-order valence-corrected chi connectivity index (χ3v) is 4.04. The Labute approximate surface area is 147 Å². The van der Waals surface area contributed by atoms with Gasteiger partial charge in [0, 0.05) is 20.7 Å². The zero-order valence-electron chi connectivity index (χ0n) is 14.6. The van der Waals surface area contributed by atoms with Gasteiger partial charge in [-0.1, -0.05) is 12.1 Å². The van der Waals surface area contributed by atoms with Crippen LogP contribution in [0.5, 0.6) is 5.75 Å². The predicted molar refractivity (Wildman–Crippen MR) is 97.4 cm³/mol. The van der Waals surface area contributed by atoms with Crippen LogP contribution in [0.2, 0.25) is 0 Å². The monoisotopic (exact) mass is 341 g/mol. The number of anilines is 2. The summed E-state index contributed by atoms with van der Waals surface area (Å²) in [6, 6.07) is 10.9. The molecule has 2 aromatic rings. The number of benzene rings is 1. The van der Waals surface area contributed by atoms with Crippen molar-refractivity contribution in [3.8, 4) is 5.75 Å². The van der Waals surface area contributed by atoms with Gasteiger partial charge in [0.2, 0.25) is 0 Å². The molecule has 1 aliphatic rings. The summed E-state index contributed by atoms with van der Waals surface area (Å²) in [4.78, 5) is 18.8. The zero-order valence-corrected chi connectivity index (χ0v) is 14.6. The molecule has 0 saturated carbocycles. The van der Waals surface area contributed by atoms with Gasteiger partial charge in [-0.15, -0.1) is 0 Å². The molecule has 3 rings (SSSR count). The van der Waals surface area contributed by atoms with E-state index >= 15 is 0 Å². The highest BCUT2D eigenvalue weighted by Crippen LogP contribution is 2.22. The molecule has 25 heavy (non-hydrogen) atoms. The minimum absolute atomic E-state index is 0.110. The van der Waals surface area contributed by atoms with Crippen molar-refractivity contribution in [1.82, 2.24) is 4.98 Å². The summed E-state index contributed by atoms with van der Waals surface area (Å²) >= 11 is 0. The number of ether oxygens (including phenoxy) is 2. The van der Waals surface area contributed by atoms with Crippen LogP contribution in [-0.2, 0) is 4.74 Å². The zero-order chi connectivity index (χ0) is 17.6. The van der Waals surface area contributed by atoms with Gasteiger partial charge in [-0.25, -0.2) is 4.98 Å². The molecule has 6 nitrogen and oxygen atoms in total. The number of nitrogens with one attached hydrogen (secondary N) is 1. The van der Waals surface area contributed by atoms with Crippen LogP contribution < -0.4 is 15.0 Å². The lowest BCUT2D eigenvalue weighted by Gasteiger charge is -2.15. The molecular weight excluding hydrogens is 318 g/mol. The summed E-state index contributed by atoms with van der Waals surface area (Å²) in [5.41, 5.74) is 1.14. The molecule has 1 aliphatic heterocycles. The van der Waals surface area contributed by atoms with E-state index in [9.17, 15) is 4.79 Å². The Bertz CT molecular complexity index is 710. The van der Waals surface area contributed by atoms with Crippen molar-refractivity contribution in [2.24, 2.45) is 0 Å². The van der Waals surface area contributed by atoms with Gasteiger partial charge in [0.1, 0.15) is 18.2 Å². The smallest absolute Gasteiger partial charge is 0.259 e. The predicted octanol–water partition coefficient (Wildman–Crippen LogP) is 2.96. The molecule has 132 valence electrons. The minimum Gasteiger partial charge on any atom is -0.490 e. The van der Waals surface area contributed by atoms with Crippen molar-refractivity contribution in [3.05, 3.63) is 48.2 Å². The van der Waals surface area contributed by atoms with E-state index in [2.05, 4.69) is 10.3 Å². The van der Waals surface area contributed by atoms with E-state index in [1.54, 1.807) is 18.3 Å². The van der Waals surface area contributed by atoms with E-state index < -0.39 is 0 Å². The summed E-state index contributed by atoms with van der Waals surface area (Å²) in [7, 11) is 3.84. The third kappa shape index (κ3) is 4.48. The molecule has 6 heteroatoms. The number of carbonyl (C=O) groups is 1. The third-order valence-electron chi connectivity index (χ3n) is 4.04. The molecule has 1 amide bonds. The summed E-state index contributed by atoms with van der Waals surface area (Å²) in [5, 5.41) is 2.86. The lowest BCUT2D eigenvalue weighted by molar-refractivity contribution is 0.0673. The quantitative estimate of drug-likeness (QED) is 0.875. The Morgan fingerprint density at radius 1 is 1.32 bits per heavy atom. The number of pyridine rings is 1. The number of hydrogen-bond acceptors (Lipinski definition) is 5. The van der Waals surface area contributed by atoms with E-state index in [1.165, 1.54) is 0 Å². The van der Waals surface area contributed by atoms with Crippen molar-refractivity contribution in [2.45, 2.75) is 18.9 Å². The number of amides is 1. The van der Waals surface area contributed by atoms with Crippen LogP contribution >= 0.6 is 0 Å². The maximum Gasteiger partial charge on any atom is 0.259 e. The van der Waals surface area contributed by atoms with Gasteiger partial charge in [0.05, 0.1) is 23.6 Å². The van der Waals surface area contributed by atoms with Gasteiger partial charge in [0.15, 0.2) is 0 Å². The molecule has 1 saturated heterocycles. The Morgan fingerprint density at radius 3 is 2.84 bits per heavy atom. The number of nitrogens with zero attached hydrogens (tertiary/aromatic N) is 2. The largest absolute Gasteiger partial charge is 0.490 e. The lowest BCUT2D eigenvalue weighted by atomic mass is 10.2. The number of carbonyl (C=O) groups excluding carboxylic acids is 1. The first kappa shape index (κ1) is 17.2. The maximum atomic E-state index is 12.6. The van der Waals surface area contributed by atoms with Crippen LogP contribution in [0.25, 0.3) is 0 Å². The topological polar surface area (TPSA) is 63.7 Å². The second-order valence-corrected chi connectivity index (χ2v) is 6.20. The van der Waals surface area contributed by atoms with Crippen LogP contribution in [0.1, 0.15) is 23.2 Å². The molecule has 0 radical (unpaired) electrons. The second-order valence-electron chi connectivity index (χ2n) is 6.20. The van der Waals surface area contributed by atoms with Gasteiger partial charge >= 0.3 is 0 Å². The number of hydrogen-bond donors (Lipinski definition) is 1. The Morgan fingerprint density at radius 2 is 2.16 bits per heavy atom. The fourth-order valence-corrected chi connectivity index (χ4v) is 2.66. The van der Waals surface area contributed by atoms with Crippen molar-refractivity contribution in [3.63, 3.8) is 0 Å². The molecule has 1 aromatic carbocycles. The Balaban J connectivity index is 1.66. The summed E-state index contributed by atoms with van der Waals surface area (Å²) in [5.74, 6) is 1.18. The van der Waals surface area contributed by atoms with Crippen molar-refractivity contribution >= 4 is 17.4 Å². The highest BCUT2D eigenvalue weighted by atomic mass is 16.5. The number of rotatable bonds is 6. The van der Waals surface area contributed by atoms with E-state index in [4.69, 9.17) is 9.47 Å². The molecule has 1 aromatic heterocycles. The average Bonchev–Trinajstić information content (AvgIpc) is 3.14. The molecule has 1 atom stereocenters. The first-order valence-electron chi connectivity index (χ1n) is 8.41. The fraction of sp³-hybridized carbons (Fsp3) is 0.368. The summed E-state index contributed by atoms with van der Waals surface area (Å²) < 4.78 is 11.4. The molecule has 0 aliphatic carbocycles. The van der Waals surface area contributed by atoms with E-state index in [0.717, 1.165) is 25.3 Å². The van der Waals surface area contributed by atoms with Crippen LogP contribution in [0.15, 0.2) is 42.6 Å². The van der Waals surface area contributed by atoms with Crippen molar-refractivity contribution in [1.29, 1.82) is 0 Å². The standard InChI is InChI=1S/C19H23N3O3/c1-22(2)18-10-9-14(12-20-18)21-19(23)16-7-3-4-8-17(16)25-13-15-6-5-11-24-15/h3-4,7-10,12,15H,5-6,11,13H2,1-2H3,(H,21,23)/t15-/m0/s1. The fourth-order valence-electron chi connectivity index (χ4n) is 2.66. The maximum absolute atomic E-state index is 12.6. The molecule has 0 spiro atoms. The van der Waals surface area contributed by atoms with Crippen LogP contribution in [0.3, 0.4) is 0 Å². The van der Waals surface area contributed by atoms with Gasteiger partial charge in [-0.2, -0.15) is 0 Å². The first-order valence-corrected chi connectivity index (χ1v) is 8.41. The van der Waals surface area contributed by atoms with E-state index in [0.29, 0.717) is 23.6 Å². The molecule has 0 bridgehead atoms. The molecule has 2 heterocycles. The van der Waals surface area contributed by atoms with Crippen molar-refractivity contribution < 1.29 is 14.3 Å². The first-order chi connectivity index (χ1) is 12.1. The molecule has 1 N–H and O–H groups in total. The van der Waals surface area contributed by atoms with Crippen LogP contribution in [0.4, 0.5) is 11.5 Å². The van der Waals surface area contributed by atoms with Gasteiger partial charge in [-0.3, -0.25) is 4.79 Å². The Kier molecular flexibility index (Phi) is 5.50. The van der Waals surface area contributed by atoms with E-state index in [-0.39, 0.29) is 12.0 Å². The van der Waals surface area contributed by atoms with Gasteiger partial charge in [0.25, 0.3) is 5.91 Å². The van der Waals surface area contributed by atoms with Crippen LogP contribution in [0, 0.1) is 0 Å². The second kappa shape index (κ2) is 7.98. The van der Waals surface area contributed by atoms with Crippen LogP contribution in [-0.4, -0.2) is 44.3 Å². The highest BCUT2D eigenvalue weighted by Gasteiger charge is 2.18. The molecule has 0 unspecified atom stereocenters. The highest BCUT2D eigenvalue weighted by molar-refractivity contribution is 6.06. The molecular formula is C19H23N3O3. The molecule has 1 fully saturated rings. The van der Waals surface area contributed by atoms with Crippen molar-refractivity contribution in [2.75, 3.05) is 37.5 Å². The SMILES string of the molecule is CN(C)c1ccc(NC(=O)c2ccccc2OC[C@@H]2CCCO2)cn1. The number of para-hydroxylation sites is 1.